The molecule has 1 fully saturated rings. The molecule has 5 nitrogen and oxygen atoms in total. The Hall–Kier alpha value is -2.24. The lowest BCUT2D eigenvalue weighted by Gasteiger charge is -2.33. The molecule has 2 aromatic carbocycles. The molecule has 2 heterocycles. The van der Waals surface area contributed by atoms with Crippen LogP contribution in [0, 0.1) is 0 Å². The Morgan fingerprint density at radius 3 is 2.73 bits per heavy atom. The summed E-state index contributed by atoms with van der Waals surface area (Å²) in [6, 6.07) is 13.3. The third kappa shape index (κ3) is 3.50. The second kappa shape index (κ2) is 7.56. The molecule has 0 bridgehead atoms. The van der Waals surface area contributed by atoms with E-state index in [1.165, 1.54) is 0 Å². The van der Waals surface area contributed by atoms with E-state index in [0.717, 1.165) is 12.0 Å². The third-order valence-electron chi connectivity index (χ3n) is 4.57. The normalized spacial score (nSPS) is 19.7. The van der Waals surface area contributed by atoms with E-state index in [9.17, 15) is 4.79 Å². The molecule has 0 radical (unpaired) electrons. The molecule has 1 amide bonds. The summed E-state index contributed by atoms with van der Waals surface area (Å²) in [7, 11) is 0. The van der Waals surface area contributed by atoms with Gasteiger partial charge in [-0.05, 0) is 17.7 Å². The Labute approximate surface area is 157 Å². The van der Waals surface area contributed by atoms with Crippen LogP contribution in [0.5, 0.6) is 11.5 Å². The number of amides is 1. The molecule has 1 atom stereocenters. The molecule has 0 saturated carbocycles. The van der Waals surface area contributed by atoms with Crippen molar-refractivity contribution >= 4 is 17.5 Å². The maximum absolute atomic E-state index is 13.0. The van der Waals surface area contributed by atoms with Crippen LogP contribution >= 0.6 is 11.6 Å². The van der Waals surface area contributed by atoms with Gasteiger partial charge in [-0.2, -0.15) is 0 Å². The minimum atomic E-state index is -0.121. The van der Waals surface area contributed by atoms with Crippen molar-refractivity contribution in [1.82, 2.24) is 4.90 Å². The van der Waals surface area contributed by atoms with Crippen molar-refractivity contribution in [2.24, 2.45) is 0 Å². The average molecular weight is 374 g/mol. The van der Waals surface area contributed by atoms with Crippen molar-refractivity contribution in [2.75, 3.05) is 32.9 Å². The van der Waals surface area contributed by atoms with Crippen molar-refractivity contribution in [3.05, 3.63) is 58.6 Å². The lowest BCUT2D eigenvalue weighted by atomic mass is 10.1. The summed E-state index contributed by atoms with van der Waals surface area (Å²) < 4.78 is 17.2. The van der Waals surface area contributed by atoms with Crippen molar-refractivity contribution in [2.45, 2.75) is 12.5 Å². The molecule has 2 aromatic rings. The first-order valence-electron chi connectivity index (χ1n) is 8.77. The van der Waals surface area contributed by atoms with E-state index in [0.29, 0.717) is 55.0 Å². The first-order valence-corrected chi connectivity index (χ1v) is 9.15. The van der Waals surface area contributed by atoms with Gasteiger partial charge < -0.3 is 19.1 Å². The highest BCUT2D eigenvalue weighted by Gasteiger charge is 2.27. The SMILES string of the molecule is O=C(c1cc(Cl)c2c(c1)OCCCO2)N1CCOC(c2ccccc2)C1. The van der Waals surface area contributed by atoms with Gasteiger partial charge >= 0.3 is 0 Å². The van der Waals surface area contributed by atoms with E-state index in [1.54, 1.807) is 17.0 Å². The maximum atomic E-state index is 13.0. The van der Waals surface area contributed by atoms with E-state index in [2.05, 4.69) is 0 Å². The number of rotatable bonds is 2. The Morgan fingerprint density at radius 1 is 1.08 bits per heavy atom. The highest BCUT2D eigenvalue weighted by molar-refractivity contribution is 6.32. The van der Waals surface area contributed by atoms with Crippen LogP contribution in [0.4, 0.5) is 0 Å². The quantitative estimate of drug-likeness (QED) is 0.805. The molecule has 6 heteroatoms. The number of carbonyl (C=O) groups is 1. The summed E-state index contributed by atoms with van der Waals surface area (Å²) in [6.45, 7) is 2.67. The van der Waals surface area contributed by atoms with Gasteiger partial charge in [0.25, 0.3) is 5.91 Å². The fourth-order valence-corrected chi connectivity index (χ4v) is 3.51. The van der Waals surface area contributed by atoms with Crippen LogP contribution in [0.2, 0.25) is 5.02 Å². The second-order valence-electron chi connectivity index (χ2n) is 6.36. The second-order valence-corrected chi connectivity index (χ2v) is 6.76. The van der Waals surface area contributed by atoms with Crippen LogP contribution in [0.3, 0.4) is 0 Å². The number of nitrogens with zero attached hydrogens (tertiary/aromatic N) is 1. The third-order valence-corrected chi connectivity index (χ3v) is 4.85. The fraction of sp³-hybridized carbons (Fsp3) is 0.350. The molecule has 2 aliphatic heterocycles. The van der Waals surface area contributed by atoms with E-state index >= 15 is 0 Å². The molecule has 0 aromatic heterocycles. The monoisotopic (exact) mass is 373 g/mol. The molecule has 1 unspecified atom stereocenters. The average Bonchev–Trinajstić information content (AvgIpc) is 2.94. The lowest BCUT2D eigenvalue weighted by Crippen LogP contribution is -2.42. The first-order chi connectivity index (χ1) is 12.7. The zero-order valence-corrected chi connectivity index (χ0v) is 15.1. The van der Waals surface area contributed by atoms with Gasteiger partial charge in [-0.3, -0.25) is 4.79 Å². The van der Waals surface area contributed by atoms with Crippen LogP contribution in [0.25, 0.3) is 0 Å². The minimum Gasteiger partial charge on any atom is -0.489 e. The Kier molecular flexibility index (Phi) is 5.00. The van der Waals surface area contributed by atoms with Gasteiger partial charge in [0.05, 0.1) is 31.4 Å². The lowest BCUT2D eigenvalue weighted by molar-refractivity contribution is -0.0228. The molecule has 1 saturated heterocycles. The van der Waals surface area contributed by atoms with Crippen molar-refractivity contribution in [3.63, 3.8) is 0 Å². The first kappa shape index (κ1) is 17.2. The van der Waals surface area contributed by atoms with Gasteiger partial charge in [-0.25, -0.2) is 0 Å². The van der Waals surface area contributed by atoms with E-state index < -0.39 is 0 Å². The smallest absolute Gasteiger partial charge is 0.254 e. The molecule has 26 heavy (non-hydrogen) atoms. The molecule has 0 aliphatic carbocycles. The van der Waals surface area contributed by atoms with Crippen LogP contribution in [-0.2, 0) is 4.74 Å². The van der Waals surface area contributed by atoms with E-state index in [-0.39, 0.29) is 12.0 Å². The number of benzene rings is 2. The van der Waals surface area contributed by atoms with Crippen molar-refractivity contribution < 1.29 is 19.0 Å². The molecular formula is C20H20ClNO4. The fourth-order valence-electron chi connectivity index (χ4n) is 3.24. The molecular weight excluding hydrogens is 354 g/mol. The van der Waals surface area contributed by atoms with Crippen LogP contribution < -0.4 is 9.47 Å². The Balaban J connectivity index is 1.55. The largest absolute Gasteiger partial charge is 0.489 e. The number of fused-ring (bicyclic) bond motifs is 1. The summed E-state index contributed by atoms with van der Waals surface area (Å²) in [4.78, 5) is 14.8. The maximum Gasteiger partial charge on any atom is 0.254 e. The molecule has 0 spiro atoms. The number of ether oxygens (including phenoxy) is 3. The number of morpholine rings is 1. The van der Waals surface area contributed by atoms with Gasteiger partial charge in [0.1, 0.15) is 6.10 Å². The number of halogens is 1. The summed E-state index contributed by atoms with van der Waals surface area (Å²) in [5.74, 6) is 0.975. The van der Waals surface area contributed by atoms with Crippen molar-refractivity contribution in [3.8, 4) is 11.5 Å². The molecule has 4 rings (SSSR count). The minimum absolute atomic E-state index is 0.0771. The van der Waals surface area contributed by atoms with Gasteiger partial charge in [0.15, 0.2) is 11.5 Å². The van der Waals surface area contributed by atoms with Crippen molar-refractivity contribution in [1.29, 1.82) is 0 Å². The Bertz CT molecular complexity index is 796. The predicted octanol–water partition coefficient (Wildman–Crippen LogP) is 3.72. The zero-order chi connectivity index (χ0) is 17.9. The molecule has 136 valence electrons. The molecule has 0 N–H and O–H groups in total. The van der Waals surface area contributed by atoms with Crippen LogP contribution in [-0.4, -0.2) is 43.7 Å². The van der Waals surface area contributed by atoms with Crippen LogP contribution in [0.1, 0.15) is 28.4 Å². The highest BCUT2D eigenvalue weighted by Crippen LogP contribution is 2.38. The Morgan fingerprint density at radius 2 is 1.88 bits per heavy atom. The van der Waals surface area contributed by atoms with Gasteiger partial charge in [-0.15, -0.1) is 0 Å². The predicted molar refractivity (Wildman–Crippen MR) is 98.1 cm³/mol. The summed E-state index contributed by atoms with van der Waals surface area (Å²) in [6.07, 6.45) is 0.668. The summed E-state index contributed by atoms with van der Waals surface area (Å²) >= 11 is 6.33. The van der Waals surface area contributed by atoms with Gasteiger partial charge in [-0.1, -0.05) is 41.9 Å². The topological polar surface area (TPSA) is 48.0 Å². The molecule has 2 aliphatic rings. The number of hydrogen-bond donors (Lipinski definition) is 0. The number of hydrogen-bond acceptors (Lipinski definition) is 4. The van der Waals surface area contributed by atoms with Gasteiger partial charge in [0.2, 0.25) is 0 Å². The van der Waals surface area contributed by atoms with E-state index in [4.69, 9.17) is 25.8 Å². The van der Waals surface area contributed by atoms with Crippen LogP contribution in [0.15, 0.2) is 42.5 Å². The number of carbonyl (C=O) groups excluding carboxylic acids is 1. The van der Waals surface area contributed by atoms with E-state index in [1.807, 2.05) is 30.3 Å². The van der Waals surface area contributed by atoms with Gasteiger partial charge in [0, 0.05) is 18.5 Å². The summed E-state index contributed by atoms with van der Waals surface area (Å²) in [5, 5.41) is 0.403. The standard InChI is InChI=1S/C20H20ClNO4/c21-16-11-15(12-17-19(16)26-9-4-8-24-17)20(23)22-7-10-25-18(13-22)14-5-2-1-3-6-14/h1-3,5-6,11-12,18H,4,7-10,13H2. The zero-order valence-electron chi connectivity index (χ0n) is 14.3. The highest BCUT2D eigenvalue weighted by atomic mass is 35.5. The summed E-state index contributed by atoms with van der Waals surface area (Å²) in [5.41, 5.74) is 1.58.